The van der Waals surface area contributed by atoms with Gasteiger partial charge in [-0.1, -0.05) is 19.1 Å². The lowest BCUT2D eigenvalue weighted by molar-refractivity contribution is 0.346. The average Bonchev–Trinajstić information content (AvgIpc) is 2.86. The maximum Gasteiger partial charge on any atom is 0.289 e. The van der Waals surface area contributed by atoms with Crippen molar-refractivity contribution in [2.75, 3.05) is 18.5 Å². The molecule has 1 unspecified atom stereocenters. The summed E-state index contributed by atoms with van der Waals surface area (Å²) in [5.41, 5.74) is 5.45. The van der Waals surface area contributed by atoms with E-state index in [0.29, 0.717) is 12.6 Å². The molecule has 3 nitrogen and oxygen atoms in total. The van der Waals surface area contributed by atoms with Gasteiger partial charge in [0.1, 0.15) is 6.61 Å². The van der Waals surface area contributed by atoms with Crippen LogP contribution in [0.15, 0.2) is 17.1 Å². The van der Waals surface area contributed by atoms with E-state index in [1.54, 1.807) is 0 Å². The zero-order chi connectivity index (χ0) is 12.5. The lowest BCUT2D eigenvalue weighted by Crippen LogP contribution is -2.18. The summed E-state index contributed by atoms with van der Waals surface area (Å²) in [5, 5.41) is 3.38. The van der Waals surface area contributed by atoms with Gasteiger partial charge in [0.2, 0.25) is 0 Å². The first-order valence-corrected chi connectivity index (χ1v) is 6.79. The maximum absolute atomic E-state index is 5.46. The van der Waals surface area contributed by atoms with Gasteiger partial charge in [-0.25, -0.2) is 4.99 Å². The van der Waals surface area contributed by atoms with Gasteiger partial charge in [-0.15, -0.1) is 0 Å². The van der Waals surface area contributed by atoms with E-state index in [9.17, 15) is 0 Å². The summed E-state index contributed by atoms with van der Waals surface area (Å²) in [5.74, 6) is 0.799. The van der Waals surface area contributed by atoms with Crippen molar-refractivity contribution in [3.63, 3.8) is 0 Å². The number of rotatable bonds is 1. The van der Waals surface area contributed by atoms with Crippen molar-refractivity contribution in [2.24, 2.45) is 10.9 Å². The molecule has 1 aromatic carbocycles. The summed E-state index contributed by atoms with van der Waals surface area (Å²) >= 11 is 0. The van der Waals surface area contributed by atoms with E-state index in [-0.39, 0.29) is 0 Å². The van der Waals surface area contributed by atoms with Gasteiger partial charge in [0.05, 0.1) is 6.54 Å². The first-order chi connectivity index (χ1) is 8.74. The number of aryl methyl sites for hydroxylation is 1. The van der Waals surface area contributed by atoms with Crippen molar-refractivity contribution in [2.45, 2.75) is 33.1 Å². The second kappa shape index (κ2) is 4.63. The fourth-order valence-electron chi connectivity index (χ4n) is 2.84. The molecule has 0 amide bonds. The van der Waals surface area contributed by atoms with Crippen molar-refractivity contribution < 1.29 is 4.74 Å². The molecule has 0 saturated carbocycles. The van der Waals surface area contributed by atoms with E-state index in [1.165, 1.54) is 35.2 Å². The number of nitrogens with zero attached hydrogens (tertiary/aromatic N) is 1. The van der Waals surface area contributed by atoms with Crippen LogP contribution in [0.25, 0.3) is 0 Å². The monoisotopic (exact) mass is 244 g/mol. The molecule has 1 N–H and O–H groups in total. The van der Waals surface area contributed by atoms with E-state index < -0.39 is 0 Å². The van der Waals surface area contributed by atoms with E-state index >= 15 is 0 Å². The summed E-state index contributed by atoms with van der Waals surface area (Å²) < 4.78 is 5.46. The highest BCUT2D eigenvalue weighted by molar-refractivity contribution is 5.91. The van der Waals surface area contributed by atoms with Gasteiger partial charge < -0.3 is 10.1 Å². The Kier molecular flexibility index (Phi) is 2.98. The molecule has 96 valence electrons. The molecule has 0 fully saturated rings. The molecule has 1 aliphatic carbocycles. The Morgan fingerprint density at radius 2 is 2.28 bits per heavy atom. The number of benzene rings is 1. The topological polar surface area (TPSA) is 33.6 Å². The quantitative estimate of drug-likeness (QED) is 0.824. The third-order valence-electron chi connectivity index (χ3n) is 3.89. The number of anilines is 1. The number of ether oxygens (including phenoxy) is 1. The van der Waals surface area contributed by atoms with Gasteiger partial charge in [-0.2, -0.15) is 0 Å². The van der Waals surface area contributed by atoms with Crippen LogP contribution in [0.5, 0.6) is 0 Å². The van der Waals surface area contributed by atoms with Crippen LogP contribution >= 0.6 is 0 Å². The first-order valence-electron chi connectivity index (χ1n) is 6.79. The van der Waals surface area contributed by atoms with Crippen molar-refractivity contribution in [3.8, 4) is 0 Å². The van der Waals surface area contributed by atoms with E-state index in [4.69, 9.17) is 4.74 Å². The Hall–Kier alpha value is -1.51. The molecule has 1 aromatic rings. The molecule has 2 aliphatic rings. The third kappa shape index (κ3) is 2.09. The first kappa shape index (κ1) is 11.6. The highest BCUT2D eigenvalue weighted by Crippen LogP contribution is 2.33. The van der Waals surface area contributed by atoms with E-state index in [2.05, 4.69) is 36.3 Å². The fourth-order valence-corrected chi connectivity index (χ4v) is 2.84. The van der Waals surface area contributed by atoms with Crippen molar-refractivity contribution in [3.05, 3.63) is 28.8 Å². The largest absolute Gasteiger partial charge is 0.463 e. The van der Waals surface area contributed by atoms with Crippen LogP contribution in [-0.4, -0.2) is 19.2 Å². The molecule has 3 heteroatoms. The number of nitrogens with one attached hydrogen (secondary N) is 1. The molecule has 18 heavy (non-hydrogen) atoms. The number of aliphatic imine (C=N–C) groups is 1. The minimum atomic E-state index is 0.685. The predicted molar refractivity (Wildman–Crippen MR) is 74.2 cm³/mol. The minimum absolute atomic E-state index is 0.685. The standard InChI is InChI=1S/C15H20N2O/c1-10-3-6-13-12(9-10)5-4-11(2)14(13)17-15-16-7-8-18-15/h4-5,10H,3,6-9H2,1-2H3,(H,16,17). The summed E-state index contributed by atoms with van der Waals surface area (Å²) in [6, 6.07) is 5.17. The number of fused-ring (bicyclic) bond motifs is 1. The Balaban J connectivity index is 1.94. The van der Waals surface area contributed by atoms with Crippen LogP contribution in [0.2, 0.25) is 0 Å². The smallest absolute Gasteiger partial charge is 0.289 e. The highest BCUT2D eigenvalue weighted by Gasteiger charge is 2.20. The zero-order valence-electron chi connectivity index (χ0n) is 11.1. The fraction of sp³-hybridized carbons (Fsp3) is 0.533. The summed E-state index contributed by atoms with van der Waals surface area (Å²) in [4.78, 5) is 4.32. The molecule has 0 saturated heterocycles. The summed E-state index contributed by atoms with van der Waals surface area (Å²) in [6.07, 6.45) is 3.63. The van der Waals surface area contributed by atoms with Crippen molar-refractivity contribution in [1.29, 1.82) is 0 Å². The second-order valence-corrected chi connectivity index (χ2v) is 5.40. The van der Waals surface area contributed by atoms with Crippen LogP contribution in [0.3, 0.4) is 0 Å². The van der Waals surface area contributed by atoms with Gasteiger partial charge in [0.25, 0.3) is 6.02 Å². The Labute approximate surface area is 108 Å². The Morgan fingerprint density at radius 3 is 3.06 bits per heavy atom. The number of amidine groups is 1. The highest BCUT2D eigenvalue weighted by atomic mass is 16.5. The van der Waals surface area contributed by atoms with E-state index in [1.807, 2.05) is 0 Å². The van der Waals surface area contributed by atoms with Crippen LogP contribution in [0.4, 0.5) is 5.69 Å². The van der Waals surface area contributed by atoms with Crippen LogP contribution in [0, 0.1) is 12.8 Å². The molecular weight excluding hydrogens is 224 g/mol. The minimum Gasteiger partial charge on any atom is -0.463 e. The number of hydrogen-bond acceptors (Lipinski definition) is 3. The van der Waals surface area contributed by atoms with Gasteiger partial charge >= 0.3 is 0 Å². The molecule has 1 heterocycles. The molecule has 3 rings (SSSR count). The van der Waals surface area contributed by atoms with Crippen LogP contribution < -0.4 is 5.32 Å². The lowest BCUT2D eigenvalue weighted by atomic mass is 9.83. The van der Waals surface area contributed by atoms with Gasteiger partial charge in [-0.3, -0.25) is 0 Å². The Bertz CT molecular complexity index is 494. The molecule has 1 atom stereocenters. The van der Waals surface area contributed by atoms with Gasteiger partial charge in [-0.05, 0) is 48.8 Å². The SMILES string of the molecule is Cc1ccc2c(c1NC1=NCCO1)CCC(C)C2. The second-order valence-electron chi connectivity index (χ2n) is 5.40. The lowest BCUT2D eigenvalue weighted by Gasteiger charge is -2.25. The Morgan fingerprint density at radius 1 is 1.39 bits per heavy atom. The van der Waals surface area contributed by atoms with E-state index in [0.717, 1.165) is 18.9 Å². The average molecular weight is 244 g/mol. The molecular formula is C15H20N2O. The van der Waals surface area contributed by atoms with Gasteiger partial charge in [0.15, 0.2) is 0 Å². The molecule has 0 bridgehead atoms. The molecule has 0 radical (unpaired) electrons. The molecule has 0 aromatic heterocycles. The predicted octanol–water partition coefficient (Wildman–Crippen LogP) is 2.92. The normalized spacial score (nSPS) is 22.1. The zero-order valence-corrected chi connectivity index (χ0v) is 11.1. The van der Waals surface area contributed by atoms with Crippen molar-refractivity contribution >= 4 is 11.7 Å². The van der Waals surface area contributed by atoms with Crippen LogP contribution in [0.1, 0.15) is 30.0 Å². The van der Waals surface area contributed by atoms with Crippen LogP contribution in [-0.2, 0) is 17.6 Å². The maximum atomic E-state index is 5.46. The summed E-state index contributed by atoms with van der Waals surface area (Å²) in [7, 11) is 0. The summed E-state index contributed by atoms with van der Waals surface area (Å²) in [6.45, 7) is 5.96. The number of hydrogen-bond donors (Lipinski definition) is 1. The van der Waals surface area contributed by atoms with Gasteiger partial charge in [0, 0.05) is 5.69 Å². The molecule has 1 aliphatic heterocycles. The van der Waals surface area contributed by atoms with Crippen molar-refractivity contribution in [1.82, 2.24) is 0 Å². The third-order valence-corrected chi connectivity index (χ3v) is 3.89. The molecule has 0 spiro atoms.